The van der Waals surface area contributed by atoms with Gasteiger partial charge < -0.3 is 10.4 Å². The number of nitrogens with zero attached hydrogens (tertiary/aromatic N) is 1. The molecule has 5 heteroatoms. The molecule has 2 N–H and O–H groups in total. The lowest BCUT2D eigenvalue weighted by atomic mass is 9.98. The Morgan fingerprint density at radius 2 is 2.27 bits per heavy atom. The van der Waals surface area contributed by atoms with Crippen LogP contribution in [0.2, 0.25) is 0 Å². The number of anilines is 1. The smallest absolute Gasteiger partial charge is 0.329 e. The van der Waals surface area contributed by atoms with E-state index in [0.29, 0.717) is 12.8 Å². The Bertz CT molecular complexity index is 369. The average molecular weight is 226 g/mol. The number of carboxylic acid groups (broad SMARTS) is 1. The maximum Gasteiger partial charge on any atom is 0.329 e. The molecule has 0 saturated heterocycles. The molecule has 1 heterocycles. The number of aromatic nitrogens is 1. The van der Waals surface area contributed by atoms with Gasteiger partial charge in [0.25, 0.3) is 0 Å². The van der Waals surface area contributed by atoms with E-state index in [1.54, 1.807) is 0 Å². The van der Waals surface area contributed by atoms with Crippen molar-refractivity contribution in [1.82, 2.24) is 4.98 Å². The minimum atomic E-state index is -0.774. The first-order valence-electron chi connectivity index (χ1n) is 5.06. The molecule has 0 amide bonds. The number of carbonyl (C=O) groups is 1. The van der Waals surface area contributed by atoms with Gasteiger partial charge in [-0.2, -0.15) is 0 Å². The van der Waals surface area contributed by atoms with Crippen molar-refractivity contribution >= 4 is 22.4 Å². The van der Waals surface area contributed by atoms with Crippen LogP contribution in [-0.4, -0.2) is 21.6 Å². The zero-order chi connectivity index (χ0) is 10.9. The minimum absolute atomic E-state index is 0.695. The predicted molar refractivity (Wildman–Crippen MR) is 59.3 cm³/mol. The average Bonchev–Trinajstić information content (AvgIpc) is 2.77. The highest BCUT2D eigenvalue weighted by molar-refractivity contribution is 7.13. The van der Waals surface area contributed by atoms with Crippen molar-refractivity contribution in [3.8, 4) is 0 Å². The Morgan fingerprint density at radius 3 is 2.73 bits per heavy atom. The maximum absolute atomic E-state index is 11.2. The Kier molecular flexibility index (Phi) is 2.65. The van der Waals surface area contributed by atoms with Gasteiger partial charge in [0.05, 0.1) is 5.69 Å². The van der Waals surface area contributed by atoms with Crippen molar-refractivity contribution in [1.29, 1.82) is 0 Å². The SMILES string of the molecule is Cc1csc(NC2(C(=O)O)CCCC2)n1. The van der Waals surface area contributed by atoms with Crippen LogP contribution in [0.5, 0.6) is 0 Å². The molecule has 1 aliphatic rings. The van der Waals surface area contributed by atoms with Gasteiger partial charge in [0.15, 0.2) is 5.13 Å². The summed E-state index contributed by atoms with van der Waals surface area (Å²) in [5.74, 6) is -0.757. The minimum Gasteiger partial charge on any atom is -0.480 e. The fourth-order valence-electron chi connectivity index (χ4n) is 1.99. The quantitative estimate of drug-likeness (QED) is 0.830. The highest BCUT2D eigenvalue weighted by Crippen LogP contribution is 2.34. The largest absolute Gasteiger partial charge is 0.480 e. The van der Waals surface area contributed by atoms with E-state index in [4.69, 9.17) is 0 Å². The lowest BCUT2D eigenvalue weighted by molar-refractivity contribution is -0.142. The molecule has 2 rings (SSSR count). The van der Waals surface area contributed by atoms with Crippen molar-refractivity contribution in [3.63, 3.8) is 0 Å². The van der Waals surface area contributed by atoms with E-state index in [2.05, 4.69) is 10.3 Å². The van der Waals surface area contributed by atoms with Crippen molar-refractivity contribution in [3.05, 3.63) is 11.1 Å². The molecule has 0 radical (unpaired) electrons. The van der Waals surface area contributed by atoms with Gasteiger partial charge in [0, 0.05) is 5.38 Å². The lowest BCUT2D eigenvalue weighted by Gasteiger charge is -2.24. The van der Waals surface area contributed by atoms with Crippen LogP contribution in [0.15, 0.2) is 5.38 Å². The number of aryl methyl sites for hydroxylation is 1. The topological polar surface area (TPSA) is 62.2 Å². The van der Waals surface area contributed by atoms with Gasteiger partial charge in [-0.15, -0.1) is 11.3 Å². The third-order valence-electron chi connectivity index (χ3n) is 2.83. The zero-order valence-electron chi connectivity index (χ0n) is 8.62. The summed E-state index contributed by atoms with van der Waals surface area (Å²) in [5, 5.41) is 15.0. The predicted octanol–water partition coefficient (Wildman–Crippen LogP) is 2.26. The van der Waals surface area contributed by atoms with Crippen LogP contribution in [0.4, 0.5) is 5.13 Å². The first kappa shape index (κ1) is 10.4. The van der Waals surface area contributed by atoms with E-state index < -0.39 is 11.5 Å². The summed E-state index contributed by atoms with van der Waals surface area (Å²) in [6.45, 7) is 1.91. The summed E-state index contributed by atoms with van der Waals surface area (Å²) in [4.78, 5) is 15.5. The number of aliphatic carboxylic acids is 1. The molecule has 0 unspecified atom stereocenters. The lowest BCUT2D eigenvalue weighted by Crippen LogP contribution is -2.43. The molecule has 4 nitrogen and oxygen atoms in total. The Labute approximate surface area is 92.3 Å². The normalized spacial score (nSPS) is 19.0. The first-order chi connectivity index (χ1) is 7.12. The molecule has 1 aromatic rings. The highest BCUT2D eigenvalue weighted by atomic mass is 32.1. The summed E-state index contributed by atoms with van der Waals surface area (Å²) in [6.07, 6.45) is 3.34. The van der Waals surface area contributed by atoms with Gasteiger partial charge in [0.2, 0.25) is 0 Å². The van der Waals surface area contributed by atoms with Gasteiger partial charge in [0.1, 0.15) is 5.54 Å². The summed E-state index contributed by atoms with van der Waals surface area (Å²) in [7, 11) is 0. The molecule has 0 aromatic carbocycles. The van der Waals surface area contributed by atoms with Gasteiger partial charge in [-0.1, -0.05) is 12.8 Å². The van der Waals surface area contributed by atoms with Crippen molar-refractivity contribution in [2.45, 2.75) is 38.1 Å². The third kappa shape index (κ3) is 1.97. The summed E-state index contributed by atoms with van der Waals surface area (Å²) >= 11 is 1.47. The zero-order valence-corrected chi connectivity index (χ0v) is 9.43. The van der Waals surface area contributed by atoms with Crippen LogP contribution in [0.25, 0.3) is 0 Å². The molecule has 1 aromatic heterocycles. The molecule has 0 bridgehead atoms. The molecule has 0 atom stereocenters. The maximum atomic E-state index is 11.2. The fraction of sp³-hybridized carbons (Fsp3) is 0.600. The van der Waals surface area contributed by atoms with Crippen molar-refractivity contribution in [2.24, 2.45) is 0 Å². The summed E-state index contributed by atoms with van der Waals surface area (Å²) in [5.41, 5.74) is 0.158. The van der Waals surface area contributed by atoms with E-state index in [9.17, 15) is 9.90 Å². The van der Waals surface area contributed by atoms with Crippen molar-refractivity contribution < 1.29 is 9.90 Å². The fourth-order valence-corrected chi connectivity index (χ4v) is 2.77. The van der Waals surface area contributed by atoms with Crippen LogP contribution >= 0.6 is 11.3 Å². The Balaban J connectivity index is 2.17. The van der Waals surface area contributed by atoms with Gasteiger partial charge in [-0.3, -0.25) is 0 Å². The number of nitrogens with one attached hydrogen (secondary N) is 1. The molecular formula is C10H14N2O2S. The second kappa shape index (κ2) is 3.81. The summed E-state index contributed by atoms with van der Waals surface area (Å²) in [6, 6.07) is 0. The molecule has 1 aliphatic carbocycles. The van der Waals surface area contributed by atoms with Crippen molar-refractivity contribution in [2.75, 3.05) is 5.32 Å². The van der Waals surface area contributed by atoms with Gasteiger partial charge >= 0.3 is 5.97 Å². The van der Waals surface area contributed by atoms with Gasteiger partial charge in [-0.25, -0.2) is 9.78 Å². The van der Waals surface area contributed by atoms with E-state index >= 15 is 0 Å². The number of hydrogen-bond donors (Lipinski definition) is 2. The Morgan fingerprint density at radius 1 is 1.60 bits per heavy atom. The number of carboxylic acids is 1. The number of hydrogen-bond acceptors (Lipinski definition) is 4. The molecule has 0 aliphatic heterocycles. The Hall–Kier alpha value is -1.10. The molecule has 82 valence electrons. The second-order valence-electron chi connectivity index (χ2n) is 4.01. The first-order valence-corrected chi connectivity index (χ1v) is 5.94. The standard InChI is InChI=1S/C10H14N2O2S/c1-7-6-15-9(11-7)12-10(8(13)14)4-2-3-5-10/h6H,2-5H2,1H3,(H,11,12)(H,13,14). The van der Waals surface area contributed by atoms with Crippen LogP contribution in [0.3, 0.4) is 0 Å². The van der Waals surface area contributed by atoms with Crippen LogP contribution in [-0.2, 0) is 4.79 Å². The van der Waals surface area contributed by atoms with E-state index in [1.165, 1.54) is 11.3 Å². The molecule has 0 spiro atoms. The summed E-state index contributed by atoms with van der Waals surface area (Å²) < 4.78 is 0. The molecule has 15 heavy (non-hydrogen) atoms. The van der Waals surface area contributed by atoms with Crippen LogP contribution in [0, 0.1) is 6.92 Å². The third-order valence-corrected chi connectivity index (χ3v) is 3.71. The molecule has 1 fully saturated rings. The van der Waals surface area contributed by atoms with Gasteiger partial charge in [-0.05, 0) is 19.8 Å². The molecular weight excluding hydrogens is 212 g/mol. The van der Waals surface area contributed by atoms with Crippen LogP contribution < -0.4 is 5.32 Å². The molecule has 1 saturated carbocycles. The van der Waals surface area contributed by atoms with E-state index in [0.717, 1.165) is 23.7 Å². The second-order valence-corrected chi connectivity index (χ2v) is 4.87. The van der Waals surface area contributed by atoms with E-state index in [-0.39, 0.29) is 0 Å². The number of rotatable bonds is 3. The number of thiazole rings is 1. The van der Waals surface area contributed by atoms with Crippen LogP contribution in [0.1, 0.15) is 31.4 Å². The monoisotopic (exact) mass is 226 g/mol. The highest BCUT2D eigenvalue weighted by Gasteiger charge is 2.41. The van der Waals surface area contributed by atoms with E-state index in [1.807, 2.05) is 12.3 Å².